The lowest BCUT2D eigenvalue weighted by molar-refractivity contribution is -0.384. The van der Waals surface area contributed by atoms with Crippen LogP contribution in [0, 0.1) is 10.1 Å². The van der Waals surface area contributed by atoms with E-state index in [1.165, 1.54) is 18.2 Å². The largest absolute Gasteiger partial charge is 0.451 e. The molecule has 174 valence electrons. The number of rotatable bonds is 5. The smallest absolute Gasteiger partial charge is 0.291 e. The molecule has 0 aliphatic heterocycles. The Labute approximate surface area is 204 Å². The number of oxazole rings is 1. The first-order chi connectivity index (χ1) is 17.6. The van der Waals surface area contributed by atoms with Crippen LogP contribution in [0.2, 0.25) is 0 Å². The summed E-state index contributed by atoms with van der Waals surface area (Å²) < 4.78 is 11.6. The van der Waals surface area contributed by atoms with E-state index in [0.29, 0.717) is 28.2 Å². The van der Waals surface area contributed by atoms with Crippen molar-refractivity contribution in [3.05, 3.63) is 113 Å². The van der Waals surface area contributed by atoms with E-state index in [0.717, 1.165) is 16.3 Å². The van der Waals surface area contributed by atoms with Crippen LogP contribution in [0.4, 0.5) is 11.4 Å². The number of nitro groups is 1. The van der Waals surface area contributed by atoms with Gasteiger partial charge in [0.15, 0.2) is 11.3 Å². The minimum atomic E-state index is -0.489. The van der Waals surface area contributed by atoms with Gasteiger partial charge in [-0.25, -0.2) is 4.98 Å². The molecule has 0 unspecified atom stereocenters. The molecule has 2 heterocycles. The van der Waals surface area contributed by atoms with E-state index >= 15 is 0 Å². The van der Waals surface area contributed by atoms with Crippen LogP contribution in [0.15, 0.2) is 106 Å². The van der Waals surface area contributed by atoms with Gasteiger partial charge in [0.05, 0.1) is 10.5 Å². The Morgan fingerprint density at radius 3 is 2.50 bits per heavy atom. The third-order valence-electron chi connectivity index (χ3n) is 5.86. The average Bonchev–Trinajstić information content (AvgIpc) is 3.56. The highest BCUT2D eigenvalue weighted by molar-refractivity contribution is 6.03. The number of nitro benzene ring substituents is 1. The number of nitrogens with one attached hydrogen (secondary N) is 1. The topological polar surface area (TPSA) is 111 Å². The van der Waals surface area contributed by atoms with Gasteiger partial charge in [0.25, 0.3) is 11.6 Å². The number of hydrogen-bond acceptors (Lipinski definition) is 6. The summed E-state index contributed by atoms with van der Waals surface area (Å²) in [6.45, 7) is 0. The number of carbonyl (C=O) groups excluding carboxylic acids is 1. The van der Waals surface area contributed by atoms with E-state index < -0.39 is 10.8 Å². The fourth-order valence-electron chi connectivity index (χ4n) is 4.17. The van der Waals surface area contributed by atoms with Crippen LogP contribution in [-0.2, 0) is 0 Å². The Hall–Kier alpha value is -5.24. The molecular formula is C28H17N3O5. The molecule has 0 saturated heterocycles. The number of furan rings is 1. The third kappa shape index (κ3) is 3.76. The van der Waals surface area contributed by atoms with Crippen molar-refractivity contribution in [2.45, 2.75) is 0 Å². The zero-order valence-electron chi connectivity index (χ0n) is 18.7. The van der Waals surface area contributed by atoms with E-state index in [9.17, 15) is 14.9 Å². The predicted molar refractivity (Wildman–Crippen MR) is 136 cm³/mol. The van der Waals surface area contributed by atoms with Gasteiger partial charge in [-0.1, -0.05) is 48.5 Å². The number of aromatic nitrogens is 1. The maximum atomic E-state index is 12.8. The van der Waals surface area contributed by atoms with E-state index in [4.69, 9.17) is 8.83 Å². The molecular weight excluding hydrogens is 458 g/mol. The van der Waals surface area contributed by atoms with E-state index in [-0.39, 0.29) is 17.2 Å². The quantitative estimate of drug-likeness (QED) is 0.211. The molecule has 0 fully saturated rings. The van der Waals surface area contributed by atoms with Crippen molar-refractivity contribution in [3.8, 4) is 22.8 Å². The molecule has 0 radical (unpaired) electrons. The van der Waals surface area contributed by atoms with E-state index in [1.54, 1.807) is 36.4 Å². The van der Waals surface area contributed by atoms with Crippen molar-refractivity contribution in [1.29, 1.82) is 0 Å². The lowest BCUT2D eigenvalue weighted by Crippen LogP contribution is -2.10. The molecule has 2 aromatic heterocycles. The summed E-state index contributed by atoms with van der Waals surface area (Å²) >= 11 is 0. The summed E-state index contributed by atoms with van der Waals surface area (Å²) in [5.41, 5.74) is 2.77. The van der Waals surface area contributed by atoms with Gasteiger partial charge >= 0.3 is 0 Å². The molecule has 1 amide bonds. The van der Waals surface area contributed by atoms with Gasteiger partial charge in [0.1, 0.15) is 11.3 Å². The first-order valence-electron chi connectivity index (χ1n) is 11.1. The Morgan fingerprint density at radius 2 is 1.61 bits per heavy atom. The van der Waals surface area contributed by atoms with Crippen LogP contribution >= 0.6 is 0 Å². The van der Waals surface area contributed by atoms with Gasteiger partial charge < -0.3 is 14.2 Å². The maximum Gasteiger partial charge on any atom is 0.291 e. The molecule has 0 spiro atoms. The predicted octanol–water partition coefficient (Wildman–Crippen LogP) is 7.07. The van der Waals surface area contributed by atoms with Crippen molar-refractivity contribution in [3.63, 3.8) is 0 Å². The fraction of sp³-hybridized carbons (Fsp3) is 0. The molecule has 0 aliphatic carbocycles. The number of nitrogens with zero attached hydrogens (tertiary/aromatic N) is 2. The normalized spacial score (nSPS) is 11.1. The highest BCUT2D eigenvalue weighted by Crippen LogP contribution is 2.33. The van der Waals surface area contributed by atoms with Gasteiger partial charge in [-0.2, -0.15) is 0 Å². The Balaban J connectivity index is 1.27. The van der Waals surface area contributed by atoms with Crippen molar-refractivity contribution >= 4 is 39.2 Å². The second-order valence-electron chi connectivity index (χ2n) is 8.12. The molecule has 0 atom stereocenters. The van der Waals surface area contributed by atoms with E-state index in [2.05, 4.69) is 10.3 Å². The van der Waals surface area contributed by atoms with Crippen molar-refractivity contribution in [2.24, 2.45) is 0 Å². The number of hydrogen-bond donors (Lipinski definition) is 1. The zero-order valence-corrected chi connectivity index (χ0v) is 18.7. The minimum absolute atomic E-state index is 0.0276. The number of anilines is 1. The molecule has 6 rings (SSSR count). The molecule has 0 aliphatic rings. The van der Waals surface area contributed by atoms with Crippen molar-refractivity contribution in [1.82, 2.24) is 4.98 Å². The Morgan fingerprint density at radius 1 is 0.833 bits per heavy atom. The molecule has 6 aromatic rings. The molecule has 0 saturated carbocycles. The standard InChI is InChI=1S/C28H17N3O5/c32-27(26-15-14-24(35-26)21-9-3-4-11-23(21)31(33)34)29-18-12-13-25-22(16-18)30-28(36-25)20-10-5-7-17-6-1-2-8-19(17)20/h1-16H,(H,29,32). The third-order valence-corrected chi connectivity index (χ3v) is 5.86. The number of benzene rings is 4. The summed E-state index contributed by atoms with van der Waals surface area (Å²) in [4.78, 5) is 28.3. The molecule has 8 nitrogen and oxygen atoms in total. The summed E-state index contributed by atoms with van der Waals surface area (Å²) in [7, 11) is 0. The number of para-hydroxylation sites is 1. The maximum absolute atomic E-state index is 12.8. The van der Waals surface area contributed by atoms with Crippen LogP contribution in [-0.4, -0.2) is 15.8 Å². The molecule has 1 N–H and O–H groups in total. The van der Waals surface area contributed by atoms with Gasteiger partial charge in [0, 0.05) is 17.3 Å². The number of amides is 1. The number of fused-ring (bicyclic) bond motifs is 2. The van der Waals surface area contributed by atoms with Crippen LogP contribution in [0.25, 0.3) is 44.7 Å². The average molecular weight is 475 g/mol. The summed E-state index contributed by atoms with van der Waals surface area (Å²) in [6, 6.07) is 28.4. The lowest BCUT2D eigenvalue weighted by Gasteiger charge is -2.03. The van der Waals surface area contributed by atoms with E-state index in [1.807, 2.05) is 42.5 Å². The van der Waals surface area contributed by atoms with Crippen LogP contribution in [0.5, 0.6) is 0 Å². The molecule has 36 heavy (non-hydrogen) atoms. The fourth-order valence-corrected chi connectivity index (χ4v) is 4.17. The first kappa shape index (κ1) is 21.3. The highest BCUT2D eigenvalue weighted by Gasteiger charge is 2.20. The second-order valence-corrected chi connectivity index (χ2v) is 8.12. The van der Waals surface area contributed by atoms with Gasteiger partial charge in [-0.15, -0.1) is 0 Å². The second kappa shape index (κ2) is 8.52. The Kier molecular flexibility index (Phi) is 5.04. The zero-order chi connectivity index (χ0) is 24.6. The highest BCUT2D eigenvalue weighted by atomic mass is 16.6. The first-order valence-corrected chi connectivity index (χ1v) is 11.1. The van der Waals surface area contributed by atoms with Crippen LogP contribution in [0.1, 0.15) is 10.6 Å². The minimum Gasteiger partial charge on any atom is -0.451 e. The van der Waals surface area contributed by atoms with Crippen molar-refractivity contribution < 1.29 is 18.6 Å². The molecule has 8 heteroatoms. The number of carbonyl (C=O) groups is 1. The summed E-state index contributed by atoms with van der Waals surface area (Å²) in [5.74, 6) is 0.265. The van der Waals surface area contributed by atoms with Gasteiger partial charge in [-0.05, 0) is 53.2 Å². The Bertz CT molecular complexity index is 1780. The van der Waals surface area contributed by atoms with Crippen LogP contribution in [0.3, 0.4) is 0 Å². The van der Waals surface area contributed by atoms with Gasteiger partial charge in [-0.3, -0.25) is 14.9 Å². The summed E-state index contributed by atoms with van der Waals surface area (Å²) in [5, 5.41) is 16.2. The lowest BCUT2D eigenvalue weighted by atomic mass is 10.0. The SMILES string of the molecule is O=C(Nc1ccc2oc(-c3cccc4ccccc34)nc2c1)c1ccc(-c2ccccc2[N+](=O)[O-])o1. The van der Waals surface area contributed by atoms with Crippen LogP contribution < -0.4 is 5.32 Å². The molecule has 0 bridgehead atoms. The monoisotopic (exact) mass is 475 g/mol. The molecule has 4 aromatic carbocycles. The van der Waals surface area contributed by atoms with Gasteiger partial charge in [0.2, 0.25) is 5.89 Å². The van der Waals surface area contributed by atoms with Crippen molar-refractivity contribution in [2.75, 3.05) is 5.32 Å². The summed E-state index contributed by atoms with van der Waals surface area (Å²) in [6.07, 6.45) is 0.